The Balaban J connectivity index is 2.23. The standard InChI is InChI=1S/C25H20F13NO3/c26-20(27,21(28,29)22(30,31)23(32,33)24(34,35)25(36,37)38)12-11-18(40)17(13-15-7-3-1-4-8-15)39-19(41)42-14-16-9-5-2-6-10-16/h1-10,17H,11-14H2,(H,39,41)/t17-/m0/s1. The largest absolute Gasteiger partial charge is 0.460 e. The number of amides is 1. The molecule has 0 saturated carbocycles. The SMILES string of the molecule is O=C(N[C@@H](Cc1ccccc1)C(=O)CCC(F)(F)C(F)(F)C(F)(F)C(F)(F)C(F)(F)C(F)(F)F)OCc1ccccc1. The molecule has 17 heteroatoms. The van der Waals surface area contributed by atoms with Crippen molar-refractivity contribution in [1.82, 2.24) is 5.32 Å². The predicted octanol–water partition coefficient (Wildman–Crippen LogP) is 7.61. The third-order valence-electron chi connectivity index (χ3n) is 5.86. The van der Waals surface area contributed by atoms with E-state index in [2.05, 4.69) is 0 Å². The van der Waals surface area contributed by atoms with E-state index in [9.17, 15) is 66.7 Å². The van der Waals surface area contributed by atoms with Gasteiger partial charge in [-0.15, -0.1) is 0 Å². The van der Waals surface area contributed by atoms with Crippen molar-refractivity contribution in [3.05, 3.63) is 71.8 Å². The molecule has 0 spiro atoms. The van der Waals surface area contributed by atoms with Crippen molar-refractivity contribution < 1.29 is 71.4 Å². The van der Waals surface area contributed by atoms with E-state index in [1.807, 2.05) is 5.32 Å². The summed E-state index contributed by atoms with van der Waals surface area (Å²) in [6.07, 6.45) is -13.9. The second-order valence-electron chi connectivity index (χ2n) is 8.91. The number of benzene rings is 2. The van der Waals surface area contributed by atoms with E-state index in [0.29, 0.717) is 5.56 Å². The number of carbonyl (C=O) groups excluding carboxylic acids is 2. The van der Waals surface area contributed by atoms with E-state index in [4.69, 9.17) is 4.74 Å². The van der Waals surface area contributed by atoms with Gasteiger partial charge in [0, 0.05) is 12.8 Å². The van der Waals surface area contributed by atoms with Crippen LogP contribution < -0.4 is 5.32 Å². The van der Waals surface area contributed by atoms with E-state index in [-0.39, 0.29) is 12.2 Å². The zero-order valence-corrected chi connectivity index (χ0v) is 20.8. The zero-order valence-electron chi connectivity index (χ0n) is 20.8. The number of alkyl halides is 13. The Labute approximate surface area is 228 Å². The number of carbonyl (C=O) groups is 2. The van der Waals surface area contributed by atoms with Crippen molar-refractivity contribution in [3.8, 4) is 0 Å². The predicted molar refractivity (Wildman–Crippen MR) is 119 cm³/mol. The topological polar surface area (TPSA) is 55.4 Å². The van der Waals surface area contributed by atoms with Gasteiger partial charge in [0.25, 0.3) is 0 Å². The molecule has 0 radical (unpaired) electrons. The fourth-order valence-corrected chi connectivity index (χ4v) is 3.42. The highest BCUT2D eigenvalue weighted by Crippen LogP contribution is 2.60. The number of hydrogen-bond acceptors (Lipinski definition) is 3. The summed E-state index contributed by atoms with van der Waals surface area (Å²) in [4.78, 5) is 24.8. The maximum Gasteiger partial charge on any atom is 0.460 e. The van der Waals surface area contributed by atoms with Gasteiger partial charge in [0.1, 0.15) is 6.61 Å². The Morgan fingerprint density at radius 2 is 1.10 bits per heavy atom. The first-order chi connectivity index (χ1) is 19.1. The van der Waals surface area contributed by atoms with Crippen molar-refractivity contribution in [1.29, 1.82) is 0 Å². The summed E-state index contributed by atoms with van der Waals surface area (Å²) in [5.74, 6) is -39.3. The molecule has 1 N–H and O–H groups in total. The Kier molecular flexibility index (Phi) is 10.2. The Hall–Kier alpha value is -3.53. The van der Waals surface area contributed by atoms with Gasteiger partial charge in [-0.25, -0.2) is 4.79 Å². The molecule has 1 amide bonds. The van der Waals surface area contributed by atoms with E-state index in [1.165, 1.54) is 42.5 Å². The molecule has 0 bridgehead atoms. The highest BCUT2D eigenvalue weighted by molar-refractivity contribution is 5.87. The van der Waals surface area contributed by atoms with Crippen LogP contribution in [0.25, 0.3) is 0 Å². The molecule has 0 saturated heterocycles. The average molecular weight is 629 g/mol. The van der Waals surface area contributed by atoms with Crippen molar-refractivity contribution >= 4 is 11.9 Å². The van der Waals surface area contributed by atoms with Crippen LogP contribution in [0, 0.1) is 0 Å². The van der Waals surface area contributed by atoms with Crippen molar-refractivity contribution in [3.63, 3.8) is 0 Å². The number of ether oxygens (including phenoxy) is 1. The number of alkyl carbamates (subject to hydrolysis) is 1. The minimum Gasteiger partial charge on any atom is -0.445 e. The highest BCUT2D eigenvalue weighted by Gasteiger charge is 2.90. The molecule has 2 aromatic rings. The van der Waals surface area contributed by atoms with Crippen LogP contribution in [0.4, 0.5) is 61.9 Å². The number of ketones is 1. The third-order valence-corrected chi connectivity index (χ3v) is 5.86. The molecule has 1 atom stereocenters. The first-order valence-electron chi connectivity index (χ1n) is 11.6. The molecule has 234 valence electrons. The van der Waals surface area contributed by atoms with Crippen LogP contribution in [0.3, 0.4) is 0 Å². The molecule has 0 aromatic heterocycles. The van der Waals surface area contributed by atoms with Crippen molar-refractivity contribution in [2.75, 3.05) is 0 Å². The summed E-state index contributed by atoms with van der Waals surface area (Å²) in [5, 5.41) is 1.97. The fraction of sp³-hybridized carbons (Fsp3) is 0.440. The van der Waals surface area contributed by atoms with Gasteiger partial charge < -0.3 is 10.1 Å². The Morgan fingerprint density at radius 3 is 1.57 bits per heavy atom. The van der Waals surface area contributed by atoms with Gasteiger partial charge in [0.05, 0.1) is 6.04 Å². The van der Waals surface area contributed by atoms with Gasteiger partial charge in [0.15, 0.2) is 5.78 Å². The maximum absolute atomic E-state index is 14.2. The summed E-state index contributed by atoms with van der Waals surface area (Å²) >= 11 is 0. The number of rotatable bonds is 13. The van der Waals surface area contributed by atoms with Crippen LogP contribution in [-0.2, 0) is 22.6 Å². The number of halogens is 13. The zero-order chi connectivity index (χ0) is 32.2. The molecular weight excluding hydrogens is 609 g/mol. The molecule has 0 aliphatic rings. The average Bonchev–Trinajstić information content (AvgIpc) is 2.90. The van der Waals surface area contributed by atoms with Gasteiger partial charge >= 0.3 is 41.9 Å². The van der Waals surface area contributed by atoms with Crippen LogP contribution >= 0.6 is 0 Å². The van der Waals surface area contributed by atoms with Gasteiger partial charge in [-0.3, -0.25) is 4.79 Å². The van der Waals surface area contributed by atoms with Gasteiger partial charge in [-0.1, -0.05) is 60.7 Å². The lowest BCUT2D eigenvalue weighted by Crippen LogP contribution is -2.70. The molecule has 0 aliphatic heterocycles. The normalized spacial score (nSPS) is 14.3. The van der Waals surface area contributed by atoms with E-state index >= 15 is 0 Å². The van der Waals surface area contributed by atoms with Crippen LogP contribution in [-0.4, -0.2) is 53.7 Å². The van der Waals surface area contributed by atoms with Gasteiger partial charge in [-0.2, -0.15) is 57.1 Å². The van der Waals surface area contributed by atoms with Crippen LogP contribution in [0.2, 0.25) is 0 Å². The summed E-state index contributed by atoms with van der Waals surface area (Å²) < 4.78 is 178. The summed E-state index contributed by atoms with van der Waals surface area (Å²) in [7, 11) is 0. The second kappa shape index (κ2) is 12.4. The third kappa shape index (κ3) is 7.09. The van der Waals surface area contributed by atoms with E-state index in [0.717, 1.165) is 0 Å². The van der Waals surface area contributed by atoms with Crippen LogP contribution in [0.15, 0.2) is 60.7 Å². The van der Waals surface area contributed by atoms with Gasteiger partial charge in [0.2, 0.25) is 0 Å². The summed E-state index contributed by atoms with van der Waals surface area (Å²) in [6.45, 7) is -0.352. The van der Waals surface area contributed by atoms with Crippen molar-refractivity contribution in [2.24, 2.45) is 0 Å². The number of nitrogens with one attached hydrogen (secondary N) is 1. The lowest BCUT2D eigenvalue weighted by Gasteiger charge is -2.39. The van der Waals surface area contributed by atoms with E-state index in [1.54, 1.807) is 18.2 Å². The van der Waals surface area contributed by atoms with Crippen molar-refractivity contribution in [2.45, 2.75) is 67.7 Å². The lowest BCUT2D eigenvalue weighted by atomic mass is 9.90. The Morgan fingerprint density at radius 1 is 0.643 bits per heavy atom. The summed E-state index contributed by atoms with van der Waals surface area (Å²) in [6, 6.07) is 13.2. The first-order valence-corrected chi connectivity index (χ1v) is 11.6. The van der Waals surface area contributed by atoms with Crippen LogP contribution in [0.5, 0.6) is 0 Å². The molecule has 2 rings (SSSR count). The molecule has 0 unspecified atom stereocenters. The monoisotopic (exact) mass is 629 g/mol. The molecule has 0 aliphatic carbocycles. The minimum absolute atomic E-state index is 0.261. The fourth-order valence-electron chi connectivity index (χ4n) is 3.42. The molecule has 4 nitrogen and oxygen atoms in total. The first kappa shape index (κ1) is 34.7. The molecule has 42 heavy (non-hydrogen) atoms. The van der Waals surface area contributed by atoms with Crippen LogP contribution in [0.1, 0.15) is 24.0 Å². The van der Waals surface area contributed by atoms with Gasteiger partial charge in [-0.05, 0) is 17.5 Å². The molecular formula is C25H20F13NO3. The summed E-state index contributed by atoms with van der Waals surface area (Å²) in [5.41, 5.74) is 0.728. The molecule has 0 heterocycles. The smallest absolute Gasteiger partial charge is 0.445 e. The Bertz CT molecular complexity index is 1200. The quantitative estimate of drug-likeness (QED) is 0.232. The molecule has 0 fully saturated rings. The second-order valence-corrected chi connectivity index (χ2v) is 8.91. The minimum atomic E-state index is -8.03. The maximum atomic E-state index is 14.2. The number of hydrogen-bond donors (Lipinski definition) is 1. The van der Waals surface area contributed by atoms with E-state index < -0.39 is 73.0 Å². The lowest BCUT2D eigenvalue weighted by molar-refractivity contribution is -0.440. The number of Topliss-reactive ketones (excluding diaryl/α,β-unsaturated/α-hetero) is 1. The highest BCUT2D eigenvalue weighted by atomic mass is 19.4. The molecule has 2 aromatic carbocycles.